The van der Waals surface area contributed by atoms with E-state index in [-0.39, 0.29) is 24.5 Å². The van der Waals surface area contributed by atoms with Crippen molar-refractivity contribution in [2.45, 2.75) is 193 Å². The van der Waals surface area contributed by atoms with Crippen LogP contribution in [0.3, 0.4) is 0 Å². The second-order valence-corrected chi connectivity index (χ2v) is 13.5. The number of carbonyl (C=O) groups is 3. The van der Waals surface area contributed by atoms with Crippen molar-refractivity contribution in [1.82, 2.24) is 5.32 Å². The Morgan fingerprint density at radius 1 is 0.560 bits per heavy atom. The first-order chi connectivity index (χ1) is 24.5. The summed E-state index contributed by atoms with van der Waals surface area (Å²) in [6, 6.07) is 0. The lowest BCUT2D eigenvalue weighted by Gasteiger charge is -2.15. The maximum atomic E-state index is 12.6. The topological polar surface area (TPSA) is 92.7 Å². The first kappa shape index (κ1) is 47.1. The maximum Gasteiger partial charge on any atom is 0.322 e. The van der Waals surface area contributed by atoms with Crippen molar-refractivity contribution in [2.24, 2.45) is 0 Å². The predicted molar refractivity (Wildman–Crippen MR) is 212 cm³/mol. The number of carboxylic acid groups (broad SMARTS) is 1. The van der Waals surface area contributed by atoms with Crippen LogP contribution in [-0.4, -0.2) is 35.6 Å². The van der Waals surface area contributed by atoms with E-state index in [2.05, 4.69) is 79.9 Å². The van der Waals surface area contributed by atoms with Crippen LogP contribution in [0.5, 0.6) is 0 Å². The lowest BCUT2D eigenvalue weighted by atomic mass is 10.0. The van der Waals surface area contributed by atoms with E-state index >= 15 is 0 Å². The normalized spacial score (nSPS) is 12.7. The Hall–Kier alpha value is -2.89. The zero-order chi connectivity index (χ0) is 36.6. The molecule has 0 saturated carbocycles. The molecule has 0 aliphatic rings. The minimum absolute atomic E-state index is 0.0917. The average Bonchev–Trinajstić information content (AvgIpc) is 3.10. The number of rotatable bonds is 36. The van der Waals surface area contributed by atoms with Crippen molar-refractivity contribution >= 4 is 17.8 Å². The van der Waals surface area contributed by atoms with Gasteiger partial charge in [0.2, 0.25) is 5.91 Å². The van der Waals surface area contributed by atoms with Crippen LogP contribution in [0.15, 0.2) is 60.8 Å². The van der Waals surface area contributed by atoms with Crippen molar-refractivity contribution in [3.63, 3.8) is 0 Å². The third-order valence-electron chi connectivity index (χ3n) is 8.66. The van der Waals surface area contributed by atoms with Gasteiger partial charge in [0, 0.05) is 12.8 Å². The highest BCUT2D eigenvalue weighted by molar-refractivity contribution is 5.80. The van der Waals surface area contributed by atoms with E-state index in [1.165, 1.54) is 83.5 Å². The SMILES string of the molecule is CC/C=C\C/C=C\C/C=C\C/C=C\CCCCCCCCCCCCC(=O)OC(/C=C\CCCCCC)CCCCCCC(=O)NCC(=O)O. The second-order valence-electron chi connectivity index (χ2n) is 13.5. The van der Waals surface area contributed by atoms with Crippen LogP contribution in [0.1, 0.15) is 187 Å². The molecule has 0 aromatic rings. The van der Waals surface area contributed by atoms with Gasteiger partial charge in [0.15, 0.2) is 0 Å². The number of allylic oxidation sites excluding steroid dienone is 9. The maximum absolute atomic E-state index is 12.6. The van der Waals surface area contributed by atoms with Crippen LogP contribution in [-0.2, 0) is 19.1 Å². The van der Waals surface area contributed by atoms with Crippen LogP contribution in [0, 0.1) is 0 Å². The molecule has 0 aromatic heterocycles. The average molecular weight is 698 g/mol. The molecule has 0 rings (SSSR count). The number of nitrogens with one attached hydrogen (secondary N) is 1. The van der Waals surface area contributed by atoms with Gasteiger partial charge in [-0.15, -0.1) is 0 Å². The van der Waals surface area contributed by atoms with Gasteiger partial charge in [0.1, 0.15) is 12.6 Å². The highest BCUT2D eigenvalue weighted by Crippen LogP contribution is 2.15. The number of ether oxygens (including phenoxy) is 1. The lowest BCUT2D eigenvalue weighted by molar-refractivity contribution is -0.147. The fourth-order valence-electron chi connectivity index (χ4n) is 5.65. The molecule has 0 aliphatic carbocycles. The summed E-state index contributed by atoms with van der Waals surface area (Å²) in [6.07, 6.45) is 50.9. The minimum Gasteiger partial charge on any atom is -0.480 e. The minimum atomic E-state index is -1.03. The van der Waals surface area contributed by atoms with Gasteiger partial charge < -0.3 is 15.2 Å². The molecule has 0 heterocycles. The second kappa shape index (κ2) is 38.9. The fraction of sp³-hybridized carbons (Fsp3) is 0.705. The molecule has 286 valence electrons. The summed E-state index contributed by atoms with van der Waals surface area (Å²) in [5.41, 5.74) is 0. The van der Waals surface area contributed by atoms with Crippen LogP contribution in [0.4, 0.5) is 0 Å². The first-order valence-electron chi connectivity index (χ1n) is 20.4. The standard InChI is InChI=1S/C44H75NO5/c1-3-5-7-9-11-12-13-14-15-16-17-18-19-20-21-22-23-24-25-26-27-29-35-39-44(49)50-41(36-32-28-10-8-6-4-2)37-33-30-31-34-38-42(46)45-40-43(47)48/h5,7,11-12,14-15,17-18,32,36,41H,3-4,6,8-10,13,16,19-31,33-35,37-40H2,1-2H3,(H,45,46)(H,47,48)/b7-5-,12-11-,15-14-,18-17-,36-32-. The molecule has 1 atom stereocenters. The molecule has 1 unspecified atom stereocenters. The largest absolute Gasteiger partial charge is 0.480 e. The summed E-state index contributed by atoms with van der Waals surface area (Å²) >= 11 is 0. The van der Waals surface area contributed by atoms with Crippen LogP contribution in [0.25, 0.3) is 0 Å². The molecule has 1 amide bonds. The Labute approximate surface area is 307 Å². The number of amides is 1. The van der Waals surface area contributed by atoms with Gasteiger partial charge in [-0.2, -0.15) is 0 Å². The Morgan fingerprint density at radius 3 is 1.62 bits per heavy atom. The van der Waals surface area contributed by atoms with Crippen LogP contribution < -0.4 is 5.32 Å². The number of carboxylic acids is 1. The van der Waals surface area contributed by atoms with E-state index < -0.39 is 5.97 Å². The molecule has 0 bridgehead atoms. The van der Waals surface area contributed by atoms with E-state index in [1.807, 2.05) is 0 Å². The van der Waals surface area contributed by atoms with Crippen molar-refractivity contribution in [2.75, 3.05) is 6.54 Å². The van der Waals surface area contributed by atoms with Gasteiger partial charge in [-0.1, -0.05) is 152 Å². The molecular weight excluding hydrogens is 622 g/mol. The van der Waals surface area contributed by atoms with Crippen molar-refractivity contribution in [3.05, 3.63) is 60.8 Å². The molecule has 6 nitrogen and oxygen atoms in total. The molecular formula is C44H75NO5. The zero-order valence-corrected chi connectivity index (χ0v) is 32.2. The Bertz CT molecular complexity index is 948. The third kappa shape index (κ3) is 37.9. The van der Waals surface area contributed by atoms with E-state index in [4.69, 9.17) is 9.84 Å². The molecule has 0 aliphatic heterocycles. The van der Waals surface area contributed by atoms with Crippen molar-refractivity contribution in [3.8, 4) is 0 Å². The molecule has 0 radical (unpaired) electrons. The van der Waals surface area contributed by atoms with E-state index in [0.29, 0.717) is 12.8 Å². The molecule has 0 spiro atoms. The summed E-state index contributed by atoms with van der Waals surface area (Å²) in [5, 5.41) is 11.1. The van der Waals surface area contributed by atoms with Crippen molar-refractivity contribution in [1.29, 1.82) is 0 Å². The van der Waals surface area contributed by atoms with Gasteiger partial charge in [-0.3, -0.25) is 14.4 Å². The highest BCUT2D eigenvalue weighted by Gasteiger charge is 2.12. The number of aliphatic carboxylic acids is 1. The van der Waals surface area contributed by atoms with E-state index in [0.717, 1.165) is 77.0 Å². The summed E-state index contributed by atoms with van der Waals surface area (Å²) in [6.45, 7) is 4.05. The molecule has 0 saturated heterocycles. The van der Waals surface area contributed by atoms with E-state index in [9.17, 15) is 14.4 Å². The molecule has 2 N–H and O–H groups in total. The molecule has 0 aromatic carbocycles. The molecule has 50 heavy (non-hydrogen) atoms. The first-order valence-corrected chi connectivity index (χ1v) is 20.4. The zero-order valence-electron chi connectivity index (χ0n) is 32.2. The Balaban J connectivity index is 3.92. The van der Waals surface area contributed by atoms with E-state index in [1.54, 1.807) is 0 Å². The number of hydrogen-bond acceptors (Lipinski definition) is 4. The third-order valence-corrected chi connectivity index (χ3v) is 8.66. The van der Waals surface area contributed by atoms with Gasteiger partial charge >= 0.3 is 11.9 Å². The van der Waals surface area contributed by atoms with Crippen LogP contribution in [0.2, 0.25) is 0 Å². The number of hydrogen-bond donors (Lipinski definition) is 2. The summed E-state index contributed by atoms with van der Waals surface area (Å²) in [5.74, 6) is -1.34. The van der Waals surface area contributed by atoms with Gasteiger partial charge in [-0.25, -0.2) is 0 Å². The number of esters is 1. The molecule has 0 fully saturated rings. The summed E-state index contributed by atoms with van der Waals surface area (Å²) < 4.78 is 5.87. The van der Waals surface area contributed by atoms with Gasteiger partial charge in [-0.05, 0) is 83.1 Å². The van der Waals surface area contributed by atoms with Crippen molar-refractivity contribution < 1.29 is 24.2 Å². The Morgan fingerprint density at radius 2 is 1.04 bits per heavy atom. The van der Waals surface area contributed by atoms with Gasteiger partial charge in [0.05, 0.1) is 0 Å². The predicted octanol–water partition coefficient (Wildman–Crippen LogP) is 12.5. The summed E-state index contributed by atoms with van der Waals surface area (Å²) in [4.78, 5) is 34.8. The highest BCUT2D eigenvalue weighted by atomic mass is 16.5. The number of unbranched alkanes of at least 4 members (excludes halogenated alkanes) is 17. The van der Waals surface area contributed by atoms with Gasteiger partial charge in [0.25, 0.3) is 0 Å². The van der Waals surface area contributed by atoms with Crippen LogP contribution >= 0.6 is 0 Å². The number of carbonyl (C=O) groups excluding carboxylic acids is 2. The lowest BCUT2D eigenvalue weighted by Crippen LogP contribution is -2.28. The smallest absolute Gasteiger partial charge is 0.322 e. The quantitative estimate of drug-likeness (QED) is 0.0386. The Kier molecular flexibility index (Phi) is 36.7. The molecule has 6 heteroatoms. The monoisotopic (exact) mass is 698 g/mol. The fourth-order valence-corrected chi connectivity index (χ4v) is 5.65. The summed E-state index contributed by atoms with van der Waals surface area (Å²) in [7, 11) is 0.